The zero-order valence-corrected chi connectivity index (χ0v) is 18.8. The molecule has 2 heterocycles. The molecular formula is C33H23N. The van der Waals surface area contributed by atoms with Crippen LogP contribution in [0.2, 0.25) is 0 Å². The van der Waals surface area contributed by atoms with Gasteiger partial charge in [0.15, 0.2) is 0 Å². The normalized spacial score (nSPS) is 12.0. The molecule has 0 spiro atoms. The average molecular weight is 434 g/mol. The SMILES string of the molecule is c1ccc(-c2ccc3c(c2)Cn2c(-c4ccccc4)cc4c(-c5ccccc5)ccc-3c42)cc1. The van der Waals surface area contributed by atoms with Gasteiger partial charge in [-0.3, -0.25) is 0 Å². The summed E-state index contributed by atoms with van der Waals surface area (Å²) in [4.78, 5) is 0. The van der Waals surface area contributed by atoms with Crippen LogP contribution in [0.25, 0.3) is 55.5 Å². The summed E-state index contributed by atoms with van der Waals surface area (Å²) in [5, 5.41) is 1.32. The van der Waals surface area contributed by atoms with E-state index in [1.165, 1.54) is 61.1 Å². The van der Waals surface area contributed by atoms with Crippen LogP contribution in [0.5, 0.6) is 0 Å². The molecule has 1 aliphatic heterocycles. The van der Waals surface area contributed by atoms with E-state index in [2.05, 4.69) is 132 Å². The van der Waals surface area contributed by atoms with Crippen LogP contribution in [-0.2, 0) is 6.54 Å². The van der Waals surface area contributed by atoms with Crippen molar-refractivity contribution in [2.75, 3.05) is 0 Å². The zero-order valence-electron chi connectivity index (χ0n) is 18.8. The van der Waals surface area contributed by atoms with Crippen LogP contribution in [-0.4, -0.2) is 4.57 Å². The van der Waals surface area contributed by atoms with Crippen molar-refractivity contribution in [1.82, 2.24) is 4.57 Å². The van der Waals surface area contributed by atoms with Gasteiger partial charge in [0.1, 0.15) is 0 Å². The van der Waals surface area contributed by atoms with E-state index >= 15 is 0 Å². The third kappa shape index (κ3) is 2.94. The summed E-state index contributed by atoms with van der Waals surface area (Å²) in [6, 6.07) is 46.1. The summed E-state index contributed by atoms with van der Waals surface area (Å²) in [7, 11) is 0. The third-order valence-electron chi connectivity index (χ3n) is 7.04. The molecule has 0 unspecified atom stereocenters. The van der Waals surface area contributed by atoms with Crippen molar-refractivity contribution >= 4 is 10.9 Å². The number of rotatable bonds is 3. The first-order valence-corrected chi connectivity index (χ1v) is 11.8. The highest BCUT2D eigenvalue weighted by atomic mass is 15.0. The van der Waals surface area contributed by atoms with Gasteiger partial charge in [-0.1, -0.05) is 115 Å². The van der Waals surface area contributed by atoms with Crippen molar-refractivity contribution in [3.05, 3.63) is 133 Å². The molecule has 160 valence electrons. The van der Waals surface area contributed by atoms with E-state index in [1.54, 1.807) is 0 Å². The monoisotopic (exact) mass is 433 g/mol. The lowest BCUT2D eigenvalue weighted by Gasteiger charge is -2.23. The summed E-state index contributed by atoms with van der Waals surface area (Å²) >= 11 is 0. The van der Waals surface area contributed by atoms with Crippen LogP contribution < -0.4 is 0 Å². The van der Waals surface area contributed by atoms with E-state index < -0.39 is 0 Å². The Morgan fingerprint density at radius 1 is 0.441 bits per heavy atom. The number of benzene rings is 5. The Kier molecular flexibility index (Phi) is 4.28. The van der Waals surface area contributed by atoms with Crippen molar-refractivity contribution < 1.29 is 0 Å². The van der Waals surface area contributed by atoms with Crippen LogP contribution in [0.1, 0.15) is 5.56 Å². The van der Waals surface area contributed by atoms with Gasteiger partial charge < -0.3 is 4.57 Å². The fourth-order valence-corrected chi connectivity index (χ4v) is 5.45. The topological polar surface area (TPSA) is 4.93 Å². The second-order valence-corrected chi connectivity index (χ2v) is 9.01. The second kappa shape index (κ2) is 7.60. The van der Waals surface area contributed by atoms with Crippen LogP contribution >= 0.6 is 0 Å². The first kappa shape index (κ1) is 19.1. The summed E-state index contributed by atoms with van der Waals surface area (Å²) in [6.07, 6.45) is 0. The predicted octanol–water partition coefficient (Wildman–Crippen LogP) is 8.67. The zero-order chi connectivity index (χ0) is 22.5. The number of hydrogen-bond donors (Lipinski definition) is 0. The molecule has 0 fully saturated rings. The van der Waals surface area contributed by atoms with Gasteiger partial charge in [-0.2, -0.15) is 0 Å². The van der Waals surface area contributed by atoms with Crippen molar-refractivity contribution in [3.63, 3.8) is 0 Å². The van der Waals surface area contributed by atoms with Gasteiger partial charge in [-0.15, -0.1) is 0 Å². The number of hydrogen-bond acceptors (Lipinski definition) is 0. The van der Waals surface area contributed by atoms with E-state index in [0.717, 1.165) is 6.54 Å². The highest BCUT2D eigenvalue weighted by molar-refractivity contribution is 6.07. The van der Waals surface area contributed by atoms with E-state index in [0.29, 0.717) is 0 Å². The van der Waals surface area contributed by atoms with Crippen LogP contribution in [0.3, 0.4) is 0 Å². The minimum absolute atomic E-state index is 0.870. The number of fused-ring (bicyclic) bond motifs is 2. The number of nitrogens with zero attached hydrogens (tertiary/aromatic N) is 1. The molecule has 0 saturated carbocycles. The molecular weight excluding hydrogens is 410 g/mol. The van der Waals surface area contributed by atoms with Crippen molar-refractivity contribution in [2.24, 2.45) is 0 Å². The Morgan fingerprint density at radius 2 is 1.03 bits per heavy atom. The van der Waals surface area contributed by atoms with Gasteiger partial charge in [0.25, 0.3) is 0 Å². The Labute approximate surface area is 199 Å². The first-order chi connectivity index (χ1) is 16.9. The maximum atomic E-state index is 2.52. The highest BCUT2D eigenvalue weighted by Crippen LogP contribution is 2.45. The standard InChI is InChI=1S/C33H23N/c1-4-10-23(11-5-1)26-16-17-29-27(20-26)22-34-32(25-14-8-3-9-15-25)21-31-28(18-19-30(29)33(31)34)24-12-6-2-7-13-24/h1-21H,22H2. The first-order valence-electron chi connectivity index (χ1n) is 11.8. The third-order valence-corrected chi connectivity index (χ3v) is 7.04. The van der Waals surface area contributed by atoms with Gasteiger partial charge in [0.05, 0.1) is 5.52 Å². The molecule has 5 aromatic carbocycles. The van der Waals surface area contributed by atoms with Gasteiger partial charge in [-0.05, 0) is 51.1 Å². The molecule has 7 rings (SSSR count). The van der Waals surface area contributed by atoms with Crippen molar-refractivity contribution in [1.29, 1.82) is 0 Å². The van der Waals surface area contributed by atoms with Gasteiger partial charge in [0.2, 0.25) is 0 Å². The summed E-state index contributed by atoms with van der Waals surface area (Å²) < 4.78 is 2.52. The van der Waals surface area contributed by atoms with Gasteiger partial charge in [-0.25, -0.2) is 0 Å². The molecule has 1 aliphatic rings. The average Bonchev–Trinajstić information content (AvgIpc) is 3.30. The maximum Gasteiger partial charge on any atom is 0.0574 e. The van der Waals surface area contributed by atoms with Gasteiger partial charge >= 0.3 is 0 Å². The molecule has 0 N–H and O–H groups in total. The minimum Gasteiger partial charge on any atom is -0.335 e. The molecule has 0 amide bonds. The largest absolute Gasteiger partial charge is 0.335 e. The molecule has 1 heteroatoms. The summed E-state index contributed by atoms with van der Waals surface area (Å²) in [5.74, 6) is 0. The van der Waals surface area contributed by atoms with Crippen LogP contribution in [0, 0.1) is 0 Å². The van der Waals surface area contributed by atoms with Crippen molar-refractivity contribution in [3.8, 4) is 44.6 Å². The maximum absolute atomic E-state index is 2.52. The molecule has 0 bridgehead atoms. The molecule has 1 nitrogen and oxygen atoms in total. The van der Waals surface area contributed by atoms with Crippen LogP contribution in [0.4, 0.5) is 0 Å². The van der Waals surface area contributed by atoms with Crippen molar-refractivity contribution in [2.45, 2.75) is 6.54 Å². The Balaban J connectivity index is 1.50. The van der Waals surface area contributed by atoms with E-state index in [4.69, 9.17) is 0 Å². The van der Waals surface area contributed by atoms with Gasteiger partial charge in [0, 0.05) is 23.2 Å². The second-order valence-electron chi connectivity index (χ2n) is 9.01. The molecule has 34 heavy (non-hydrogen) atoms. The molecule has 6 aromatic rings. The molecule has 0 aliphatic carbocycles. The fraction of sp³-hybridized carbons (Fsp3) is 0.0303. The number of aromatic nitrogens is 1. The summed E-state index contributed by atoms with van der Waals surface area (Å²) in [5.41, 5.74) is 13.0. The van der Waals surface area contributed by atoms with E-state index in [9.17, 15) is 0 Å². The fourth-order valence-electron chi connectivity index (χ4n) is 5.45. The molecule has 1 aromatic heterocycles. The predicted molar refractivity (Wildman–Crippen MR) is 143 cm³/mol. The lowest BCUT2D eigenvalue weighted by atomic mass is 9.90. The lowest BCUT2D eigenvalue weighted by Crippen LogP contribution is -2.09. The summed E-state index contributed by atoms with van der Waals surface area (Å²) in [6.45, 7) is 0.870. The molecule has 0 radical (unpaired) electrons. The molecule has 0 saturated heterocycles. The van der Waals surface area contributed by atoms with Crippen LogP contribution in [0.15, 0.2) is 127 Å². The Morgan fingerprint density at radius 3 is 1.74 bits per heavy atom. The smallest absolute Gasteiger partial charge is 0.0574 e. The van der Waals surface area contributed by atoms with E-state index in [-0.39, 0.29) is 0 Å². The Hall–Kier alpha value is -4.36. The quantitative estimate of drug-likeness (QED) is 0.263. The Bertz CT molecular complexity index is 1640. The molecule has 0 atom stereocenters. The minimum atomic E-state index is 0.870. The highest BCUT2D eigenvalue weighted by Gasteiger charge is 2.24. The van der Waals surface area contributed by atoms with E-state index in [1.807, 2.05) is 0 Å². The lowest BCUT2D eigenvalue weighted by molar-refractivity contribution is 0.837.